The minimum atomic E-state index is -1.25. The van der Waals surface area contributed by atoms with E-state index >= 15 is 8.78 Å². The summed E-state index contributed by atoms with van der Waals surface area (Å²) in [7, 11) is 0. The molecule has 0 fully saturated rings. The van der Waals surface area contributed by atoms with Crippen LogP contribution in [0.4, 0.5) is 24.7 Å². The molecule has 9 N–H and O–H groups in total. The largest absolute Gasteiger partial charge is 0.436 e. The summed E-state index contributed by atoms with van der Waals surface area (Å²) in [6.45, 7) is 2.53. The number of hydrogen-bond acceptors (Lipinski definition) is 9. The fourth-order valence-electron chi connectivity index (χ4n) is 4.95. The number of benzene rings is 2. The van der Waals surface area contributed by atoms with Gasteiger partial charge in [-0.2, -0.15) is 4.39 Å². The van der Waals surface area contributed by atoms with Gasteiger partial charge < -0.3 is 37.5 Å². The zero-order valence-electron chi connectivity index (χ0n) is 26.8. The number of aryl methyl sites for hydroxylation is 1. The standard InChI is InChI=1S/C33H34F3N11O3/c1-2-18-15-20(4-5-21(18)31(48)41-11-12-42-32(49)23(37)9-10-43-33(38)39)46-29-30-45-17-24(47(30)14-13-40-29)22-6-7-25(28(36)27(22)35)50-26-8-3-19(34)16-44-26/h3-8,13-17,23H,2,9-12,37H2,1H3,(H,40,46)(H,41,48)(H,42,49)(H4,38,39,43)/t23-/m1/s1. The first-order chi connectivity index (χ1) is 24.0. The fraction of sp³-hybridized carbons (Fsp3) is 0.212. The average molecular weight is 690 g/mol. The Kier molecular flexibility index (Phi) is 11.1. The van der Waals surface area contributed by atoms with Crippen molar-refractivity contribution in [1.82, 2.24) is 35.3 Å². The molecule has 5 rings (SSSR count). The van der Waals surface area contributed by atoms with Gasteiger partial charge in [0.1, 0.15) is 5.82 Å². The van der Waals surface area contributed by atoms with Crippen LogP contribution in [0.2, 0.25) is 0 Å². The Balaban J connectivity index is 1.24. The molecule has 2 aromatic carbocycles. The molecule has 14 nitrogen and oxygen atoms in total. The molecule has 1 atom stereocenters. The number of carbonyl (C=O) groups is 2. The van der Waals surface area contributed by atoms with E-state index in [1.54, 1.807) is 28.8 Å². The van der Waals surface area contributed by atoms with Gasteiger partial charge in [0.05, 0.1) is 24.1 Å². The first-order valence-electron chi connectivity index (χ1n) is 15.4. The highest BCUT2D eigenvalue weighted by Gasteiger charge is 2.21. The maximum Gasteiger partial charge on any atom is 0.251 e. The number of carbonyl (C=O) groups excluding carboxylic acids is 2. The zero-order chi connectivity index (χ0) is 35.8. The van der Waals surface area contributed by atoms with E-state index in [0.29, 0.717) is 29.1 Å². The predicted octanol–water partition coefficient (Wildman–Crippen LogP) is 3.35. The van der Waals surface area contributed by atoms with E-state index in [-0.39, 0.29) is 61.0 Å². The molecular formula is C33H34F3N11O3. The highest BCUT2D eigenvalue weighted by molar-refractivity contribution is 5.96. The summed E-state index contributed by atoms with van der Waals surface area (Å²) >= 11 is 0. The van der Waals surface area contributed by atoms with Crippen LogP contribution >= 0.6 is 0 Å². The highest BCUT2D eigenvalue weighted by atomic mass is 19.2. The van der Waals surface area contributed by atoms with Crippen molar-refractivity contribution < 1.29 is 27.5 Å². The molecule has 0 bridgehead atoms. The van der Waals surface area contributed by atoms with Crippen LogP contribution in [0.3, 0.4) is 0 Å². The van der Waals surface area contributed by atoms with Crippen molar-refractivity contribution >= 4 is 34.9 Å². The first kappa shape index (κ1) is 35.1. The number of aromatic nitrogens is 4. The average Bonchev–Trinajstić information content (AvgIpc) is 3.54. The Bertz CT molecular complexity index is 2020. The molecule has 5 aromatic rings. The van der Waals surface area contributed by atoms with Crippen LogP contribution in [-0.2, 0) is 11.2 Å². The number of halogens is 3. The number of imidazole rings is 1. The normalized spacial score (nSPS) is 11.5. The molecule has 0 saturated carbocycles. The van der Waals surface area contributed by atoms with Gasteiger partial charge in [0.15, 0.2) is 29.0 Å². The van der Waals surface area contributed by atoms with Crippen LogP contribution in [0.1, 0.15) is 29.3 Å². The van der Waals surface area contributed by atoms with Gasteiger partial charge in [-0.1, -0.05) is 6.92 Å². The van der Waals surface area contributed by atoms with E-state index in [4.69, 9.17) is 21.6 Å². The summed E-state index contributed by atoms with van der Waals surface area (Å²) < 4.78 is 50.3. The summed E-state index contributed by atoms with van der Waals surface area (Å²) in [5.41, 5.74) is 13.3. The van der Waals surface area contributed by atoms with Crippen LogP contribution in [0.15, 0.2) is 67.3 Å². The van der Waals surface area contributed by atoms with Crippen LogP contribution in [0.25, 0.3) is 16.9 Å². The minimum absolute atomic E-state index is 0.0837. The monoisotopic (exact) mass is 689 g/mol. The number of nitrogens with two attached hydrogens (primary N) is 2. The van der Waals surface area contributed by atoms with Crippen LogP contribution in [-0.4, -0.2) is 62.8 Å². The minimum Gasteiger partial charge on any atom is -0.436 e. The van der Waals surface area contributed by atoms with Crippen molar-refractivity contribution in [2.45, 2.75) is 25.8 Å². The van der Waals surface area contributed by atoms with Crippen molar-refractivity contribution in [2.24, 2.45) is 11.5 Å². The molecule has 17 heteroatoms. The second-order valence-electron chi connectivity index (χ2n) is 10.9. The Hall–Kier alpha value is -6.23. The molecule has 50 heavy (non-hydrogen) atoms. The van der Waals surface area contributed by atoms with Crippen LogP contribution in [0.5, 0.6) is 11.6 Å². The van der Waals surface area contributed by atoms with Gasteiger partial charge in [-0.3, -0.25) is 19.4 Å². The smallest absolute Gasteiger partial charge is 0.251 e. The highest BCUT2D eigenvalue weighted by Crippen LogP contribution is 2.33. The molecule has 0 radical (unpaired) electrons. The summed E-state index contributed by atoms with van der Waals surface area (Å²) in [5, 5.41) is 18.3. The maximum absolute atomic E-state index is 15.3. The topological polar surface area (TPSA) is 210 Å². The molecule has 0 saturated heterocycles. The van der Waals surface area contributed by atoms with Gasteiger partial charge in [0.2, 0.25) is 17.6 Å². The molecule has 0 aliphatic carbocycles. The molecule has 0 spiro atoms. The quantitative estimate of drug-likeness (QED) is 0.0514. The summed E-state index contributed by atoms with van der Waals surface area (Å²) in [5.74, 6) is -4.14. The predicted molar refractivity (Wildman–Crippen MR) is 180 cm³/mol. The molecule has 260 valence electrons. The van der Waals surface area contributed by atoms with Crippen molar-refractivity contribution in [3.05, 3.63) is 95.8 Å². The lowest BCUT2D eigenvalue weighted by atomic mass is 10.0. The lowest BCUT2D eigenvalue weighted by Gasteiger charge is -2.14. The lowest BCUT2D eigenvalue weighted by molar-refractivity contribution is -0.122. The molecular weight excluding hydrogens is 655 g/mol. The van der Waals surface area contributed by atoms with Crippen molar-refractivity contribution in [2.75, 3.05) is 25.0 Å². The summed E-state index contributed by atoms with van der Waals surface area (Å²) in [6, 6.07) is 9.23. The van der Waals surface area contributed by atoms with E-state index in [9.17, 15) is 14.0 Å². The maximum atomic E-state index is 15.3. The number of anilines is 2. The third-order valence-corrected chi connectivity index (χ3v) is 7.48. The van der Waals surface area contributed by atoms with Gasteiger partial charge in [0.25, 0.3) is 5.91 Å². The van der Waals surface area contributed by atoms with Gasteiger partial charge in [-0.25, -0.2) is 23.7 Å². The third kappa shape index (κ3) is 8.24. The van der Waals surface area contributed by atoms with Crippen molar-refractivity contribution in [3.8, 4) is 22.9 Å². The third-order valence-electron chi connectivity index (χ3n) is 7.48. The molecule has 3 aromatic heterocycles. The van der Waals surface area contributed by atoms with Gasteiger partial charge in [0, 0.05) is 54.9 Å². The second-order valence-corrected chi connectivity index (χ2v) is 10.9. The fourth-order valence-corrected chi connectivity index (χ4v) is 4.95. The first-order valence-corrected chi connectivity index (χ1v) is 15.4. The van der Waals surface area contributed by atoms with Gasteiger partial charge >= 0.3 is 0 Å². The van der Waals surface area contributed by atoms with Crippen molar-refractivity contribution in [1.29, 1.82) is 5.41 Å². The van der Waals surface area contributed by atoms with E-state index in [0.717, 1.165) is 17.8 Å². The number of nitrogens with one attached hydrogen (secondary N) is 5. The Labute approximate surface area is 284 Å². The summed E-state index contributed by atoms with van der Waals surface area (Å²) in [4.78, 5) is 37.6. The Morgan fingerprint density at radius 1 is 0.960 bits per heavy atom. The SMILES string of the molecule is CCc1cc(Nc2nccn3c(-c4ccc(Oc5ccc(F)cn5)c(F)c4F)cnc23)ccc1C(=O)NCCNC(=O)[C@H](N)CCNC(=N)N. The number of guanidine groups is 1. The number of pyridine rings is 1. The van der Waals surface area contributed by atoms with E-state index in [2.05, 4.69) is 36.2 Å². The number of nitrogens with zero attached hydrogens (tertiary/aromatic N) is 4. The molecule has 0 aliphatic rings. The number of rotatable bonds is 14. The second kappa shape index (κ2) is 15.8. The number of hydrogen-bond donors (Lipinski definition) is 7. The number of amides is 2. The van der Waals surface area contributed by atoms with Crippen LogP contribution in [0, 0.1) is 22.9 Å². The summed E-state index contributed by atoms with van der Waals surface area (Å²) in [6.07, 6.45) is 6.13. The lowest BCUT2D eigenvalue weighted by Crippen LogP contribution is -2.45. The van der Waals surface area contributed by atoms with E-state index in [1.807, 2.05) is 6.92 Å². The van der Waals surface area contributed by atoms with Gasteiger partial charge in [-0.15, -0.1) is 0 Å². The Morgan fingerprint density at radius 3 is 2.50 bits per heavy atom. The number of ether oxygens (including phenoxy) is 1. The molecule has 2 amide bonds. The van der Waals surface area contributed by atoms with Gasteiger partial charge in [-0.05, 0) is 54.8 Å². The van der Waals surface area contributed by atoms with Crippen LogP contribution < -0.4 is 37.5 Å². The molecule has 0 aliphatic heterocycles. The molecule has 3 heterocycles. The van der Waals surface area contributed by atoms with E-state index < -0.39 is 29.2 Å². The number of fused-ring (bicyclic) bond motifs is 1. The Morgan fingerprint density at radius 2 is 1.76 bits per heavy atom. The zero-order valence-corrected chi connectivity index (χ0v) is 26.8. The molecule has 0 unspecified atom stereocenters. The van der Waals surface area contributed by atoms with Crippen molar-refractivity contribution in [3.63, 3.8) is 0 Å². The van der Waals surface area contributed by atoms with E-state index in [1.165, 1.54) is 30.6 Å².